The second-order valence-electron chi connectivity index (χ2n) is 6.18. The van der Waals surface area contributed by atoms with E-state index in [0.717, 1.165) is 11.8 Å². The van der Waals surface area contributed by atoms with Gasteiger partial charge in [0.15, 0.2) is 23.0 Å². The van der Waals surface area contributed by atoms with Gasteiger partial charge in [-0.2, -0.15) is 0 Å². The molecule has 0 saturated heterocycles. The van der Waals surface area contributed by atoms with Gasteiger partial charge in [-0.05, 0) is 24.3 Å². The van der Waals surface area contributed by atoms with Gasteiger partial charge in [-0.25, -0.2) is 0 Å². The van der Waals surface area contributed by atoms with E-state index in [1.165, 1.54) is 0 Å². The number of hydrogen-bond acceptors (Lipinski definition) is 9. The van der Waals surface area contributed by atoms with Crippen LogP contribution in [-0.4, -0.2) is 35.3 Å². The SMILES string of the molecule is O=C(CSc1nnc(C2COc3ccccc3O2)o1)Nc1ccc2c(c1)OCO2. The molecule has 1 atom stereocenters. The zero-order valence-electron chi connectivity index (χ0n) is 15.0. The number of thioether (sulfide) groups is 1. The van der Waals surface area contributed by atoms with Crippen LogP contribution >= 0.6 is 11.8 Å². The lowest BCUT2D eigenvalue weighted by molar-refractivity contribution is -0.113. The Morgan fingerprint density at radius 2 is 1.86 bits per heavy atom. The number of nitrogens with zero attached hydrogens (tertiary/aromatic N) is 2. The van der Waals surface area contributed by atoms with Crippen molar-refractivity contribution in [2.24, 2.45) is 0 Å². The highest BCUT2D eigenvalue weighted by Crippen LogP contribution is 2.36. The fourth-order valence-corrected chi connectivity index (χ4v) is 3.42. The Morgan fingerprint density at radius 1 is 1.03 bits per heavy atom. The van der Waals surface area contributed by atoms with Crippen LogP contribution in [0.25, 0.3) is 0 Å². The Morgan fingerprint density at radius 3 is 2.79 bits per heavy atom. The molecule has 29 heavy (non-hydrogen) atoms. The summed E-state index contributed by atoms with van der Waals surface area (Å²) < 4.78 is 27.7. The summed E-state index contributed by atoms with van der Waals surface area (Å²) in [5.41, 5.74) is 0.623. The summed E-state index contributed by atoms with van der Waals surface area (Å²) in [6.45, 7) is 0.456. The fourth-order valence-electron chi connectivity index (χ4n) is 2.85. The van der Waals surface area contributed by atoms with Crippen LogP contribution in [0, 0.1) is 0 Å². The van der Waals surface area contributed by atoms with Gasteiger partial charge in [0.1, 0.15) is 6.61 Å². The van der Waals surface area contributed by atoms with Gasteiger partial charge in [0.05, 0.1) is 5.75 Å². The first-order valence-corrected chi connectivity index (χ1v) is 9.77. The van der Waals surface area contributed by atoms with Crippen molar-refractivity contribution in [2.45, 2.75) is 11.3 Å². The highest BCUT2D eigenvalue weighted by Gasteiger charge is 2.27. The van der Waals surface area contributed by atoms with Gasteiger partial charge in [0.25, 0.3) is 11.1 Å². The van der Waals surface area contributed by atoms with Crippen LogP contribution in [0.5, 0.6) is 23.0 Å². The van der Waals surface area contributed by atoms with E-state index >= 15 is 0 Å². The molecular weight excluding hydrogens is 398 g/mol. The highest BCUT2D eigenvalue weighted by atomic mass is 32.2. The first-order valence-electron chi connectivity index (χ1n) is 8.79. The van der Waals surface area contributed by atoms with E-state index in [-0.39, 0.29) is 30.3 Å². The normalized spacial score (nSPS) is 16.5. The zero-order chi connectivity index (χ0) is 19.6. The first kappa shape index (κ1) is 17.7. The molecule has 0 spiro atoms. The van der Waals surface area contributed by atoms with Crippen LogP contribution in [0.3, 0.4) is 0 Å². The summed E-state index contributed by atoms with van der Waals surface area (Å²) in [6, 6.07) is 12.6. The minimum Gasteiger partial charge on any atom is -0.485 e. The molecule has 0 fully saturated rings. The van der Waals surface area contributed by atoms with Gasteiger partial charge in [-0.1, -0.05) is 23.9 Å². The number of benzene rings is 2. The lowest BCUT2D eigenvalue weighted by atomic mass is 10.2. The van der Waals surface area contributed by atoms with Crippen molar-refractivity contribution in [1.29, 1.82) is 0 Å². The van der Waals surface area contributed by atoms with Crippen LogP contribution in [-0.2, 0) is 4.79 Å². The molecule has 10 heteroatoms. The Kier molecular flexibility index (Phi) is 4.60. The van der Waals surface area contributed by atoms with E-state index < -0.39 is 6.10 Å². The molecule has 1 unspecified atom stereocenters. The predicted octanol–water partition coefficient (Wildman–Crippen LogP) is 3.04. The number of fused-ring (bicyclic) bond motifs is 2. The summed E-state index contributed by atoms with van der Waals surface area (Å²) >= 11 is 1.14. The maximum absolute atomic E-state index is 12.2. The van der Waals surface area contributed by atoms with E-state index in [0.29, 0.717) is 34.6 Å². The maximum Gasteiger partial charge on any atom is 0.277 e. The van der Waals surface area contributed by atoms with E-state index in [9.17, 15) is 4.79 Å². The number of hydrogen-bond donors (Lipinski definition) is 1. The third kappa shape index (κ3) is 3.79. The molecule has 0 aliphatic carbocycles. The lowest BCUT2D eigenvalue weighted by Gasteiger charge is -2.23. The Hall–Kier alpha value is -3.40. The Balaban J connectivity index is 1.16. The van der Waals surface area contributed by atoms with Crippen LogP contribution in [0.2, 0.25) is 0 Å². The van der Waals surface area contributed by atoms with Gasteiger partial charge in [-0.15, -0.1) is 10.2 Å². The third-order valence-electron chi connectivity index (χ3n) is 4.19. The van der Waals surface area contributed by atoms with E-state index in [4.69, 9.17) is 23.4 Å². The number of rotatable bonds is 5. The monoisotopic (exact) mass is 413 g/mol. The average Bonchev–Trinajstić information content (AvgIpc) is 3.41. The van der Waals surface area contributed by atoms with Crippen molar-refractivity contribution in [3.63, 3.8) is 0 Å². The van der Waals surface area contributed by atoms with Crippen molar-refractivity contribution in [3.05, 3.63) is 48.4 Å². The average molecular weight is 413 g/mol. The lowest BCUT2D eigenvalue weighted by Crippen LogP contribution is -2.21. The van der Waals surface area contributed by atoms with Gasteiger partial charge in [0, 0.05) is 11.8 Å². The molecule has 1 N–H and O–H groups in total. The van der Waals surface area contributed by atoms with Crippen molar-refractivity contribution >= 4 is 23.4 Å². The number of ether oxygens (including phenoxy) is 4. The third-order valence-corrected chi connectivity index (χ3v) is 5.01. The summed E-state index contributed by atoms with van der Waals surface area (Å²) in [4.78, 5) is 12.2. The Labute approximate surface area is 169 Å². The molecule has 9 nitrogen and oxygen atoms in total. The van der Waals surface area contributed by atoms with Crippen LogP contribution < -0.4 is 24.3 Å². The molecule has 0 saturated carbocycles. The summed E-state index contributed by atoms with van der Waals surface area (Å²) in [6.07, 6.45) is -0.491. The van der Waals surface area contributed by atoms with Gasteiger partial charge in [-0.3, -0.25) is 4.79 Å². The highest BCUT2D eigenvalue weighted by molar-refractivity contribution is 7.99. The minimum atomic E-state index is -0.491. The number of para-hydroxylation sites is 2. The molecule has 3 heterocycles. The summed E-state index contributed by atoms with van der Waals surface area (Å²) in [5.74, 6) is 2.77. The van der Waals surface area contributed by atoms with Crippen molar-refractivity contribution in [1.82, 2.24) is 10.2 Å². The molecule has 2 aromatic carbocycles. The molecule has 3 aromatic rings. The fraction of sp³-hybridized carbons (Fsp3) is 0.211. The summed E-state index contributed by atoms with van der Waals surface area (Å²) in [5, 5.41) is 11.1. The van der Waals surface area contributed by atoms with Gasteiger partial charge < -0.3 is 28.7 Å². The molecule has 148 valence electrons. The molecular formula is C19H15N3O6S. The minimum absolute atomic E-state index is 0.112. The molecule has 1 aromatic heterocycles. The quantitative estimate of drug-likeness (QED) is 0.632. The predicted molar refractivity (Wildman–Crippen MR) is 102 cm³/mol. The number of carbonyl (C=O) groups excluding carboxylic acids is 1. The van der Waals surface area contributed by atoms with Gasteiger partial charge in [0.2, 0.25) is 18.8 Å². The van der Waals surface area contributed by atoms with Crippen molar-refractivity contribution in [2.75, 3.05) is 24.5 Å². The maximum atomic E-state index is 12.2. The number of nitrogens with one attached hydrogen (secondary N) is 1. The van der Waals surface area contributed by atoms with Crippen LogP contribution in [0.1, 0.15) is 12.0 Å². The second-order valence-corrected chi connectivity index (χ2v) is 7.10. The second kappa shape index (κ2) is 7.55. The molecule has 2 aliphatic rings. The van der Waals surface area contributed by atoms with E-state index in [2.05, 4.69) is 15.5 Å². The van der Waals surface area contributed by atoms with Crippen molar-refractivity contribution in [3.8, 4) is 23.0 Å². The standard InChI is InChI=1S/C19H15N3O6S/c23-17(20-11-5-6-13-15(7-11)26-10-25-13)9-29-19-22-21-18(28-19)16-8-24-12-3-1-2-4-14(12)27-16/h1-7,16H,8-10H2,(H,20,23). The topological polar surface area (TPSA) is 105 Å². The van der Waals surface area contributed by atoms with Crippen molar-refractivity contribution < 1.29 is 28.2 Å². The summed E-state index contributed by atoms with van der Waals surface area (Å²) in [7, 11) is 0. The van der Waals surface area contributed by atoms with E-state index in [1.807, 2.05) is 24.3 Å². The number of amides is 1. The molecule has 1 amide bonds. The van der Waals surface area contributed by atoms with Crippen LogP contribution in [0.15, 0.2) is 52.1 Å². The molecule has 0 radical (unpaired) electrons. The van der Waals surface area contributed by atoms with E-state index in [1.54, 1.807) is 18.2 Å². The van der Waals surface area contributed by atoms with Crippen LogP contribution in [0.4, 0.5) is 5.69 Å². The first-order chi connectivity index (χ1) is 14.2. The Bertz CT molecular complexity index is 1060. The zero-order valence-corrected chi connectivity index (χ0v) is 15.8. The molecule has 2 aliphatic heterocycles. The largest absolute Gasteiger partial charge is 0.485 e. The number of carbonyl (C=O) groups is 1. The smallest absolute Gasteiger partial charge is 0.277 e. The molecule has 5 rings (SSSR count). The van der Waals surface area contributed by atoms with Gasteiger partial charge >= 0.3 is 0 Å². The molecule has 0 bridgehead atoms. The number of aromatic nitrogens is 2. The number of anilines is 1.